The summed E-state index contributed by atoms with van der Waals surface area (Å²) in [7, 11) is 0. The Labute approximate surface area is 48.3 Å². The van der Waals surface area contributed by atoms with Crippen molar-refractivity contribution in [3.05, 3.63) is 12.4 Å². The van der Waals surface area contributed by atoms with Crippen LogP contribution in [0.4, 0.5) is 0 Å². The van der Waals surface area contributed by atoms with Gasteiger partial charge >= 0.3 is 0 Å². The fraction of sp³-hybridized carbons (Fsp3) is 0.600. The zero-order valence-electron chi connectivity index (χ0n) is 4.91. The summed E-state index contributed by atoms with van der Waals surface area (Å²) in [5.41, 5.74) is 0. The second kappa shape index (κ2) is 2.45. The first-order valence-electron chi connectivity index (χ1n) is 2.77. The van der Waals surface area contributed by atoms with Gasteiger partial charge in [-0.2, -0.15) is 0 Å². The SMILES string of the molecule is CCCn1ccnn1. The largest absolute Gasteiger partial charge is 0.253 e. The Morgan fingerprint density at radius 1 is 1.62 bits per heavy atom. The third-order valence-electron chi connectivity index (χ3n) is 0.925. The van der Waals surface area contributed by atoms with Gasteiger partial charge in [0.15, 0.2) is 0 Å². The van der Waals surface area contributed by atoms with E-state index in [1.807, 2.05) is 10.9 Å². The van der Waals surface area contributed by atoms with Crippen LogP contribution in [0.3, 0.4) is 0 Å². The van der Waals surface area contributed by atoms with Gasteiger partial charge < -0.3 is 0 Å². The first kappa shape index (κ1) is 5.28. The number of aromatic nitrogens is 3. The van der Waals surface area contributed by atoms with Crippen molar-refractivity contribution in [3.63, 3.8) is 0 Å². The lowest BCUT2D eigenvalue weighted by Crippen LogP contribution is -1.96. The van der Waals surface area contributed by atoms with Crippen LogP contribution in [0, 0.1) is 0 Å². The summed E-state index contributed by atoms with van der Waals surface area (Å²) in [4.78, 5) is 0. The Bertz CT molecular complexity index is 133. The van der Waals surface area contributed by atoms with Crippen molar-refractivity contribution in [2.75, 3.05) is 0 Å². The molecule has 0 fully saturated rings. The van der Waals surface area contributed by atoms with Crippen LogP contribution in [0.2, 0.25) is 0 Å². The summed E-state index contributed by atoms with van der Waals surface area (Å²) < 4.78 is 1.82. The molecule has 0 N–H and O–H groups in total. The van der Waals surface area contributed by atoms with Crippen molar-refractivity contribution in [3.8, 4) is 0 Å². The predicted molar refractivity (Wildman–Crippen MR) is 30.3 cm³/mol. The molecule has 0 aliphatic heterocycles. The van der Waals surface area contributed by atoms with Crippen LogP contribution in [-0.2, 0) is 6.54 Å². The normalized spacial score (nSPS) is 9.62. The van der Waals surface area contributed by atoms with Gasteiger partial charge in [-0.25, -0.2) is 0 Å². The van der Waals surface area contributed by atoms with E-state index in [4.69, 9.17) is 0 Å². The van der Waals surface area contributed by atoms with Crippen LogP contribution in [-0.4, -0.2) is 15.0 Å². The average Bonchev–Trinajstić information content (AvgIpc) is 2.19. The lowest BCUT2D eigenvalue weighted by Gasteiger charge is -1.90. The van der Waals surface area contributed by atoms with Crippen LogP contribution >= 0.6 is 0 Å². The Morgan fingerprint density at radius 2 is 2.50 bits per heavy atom. The summed E-state index contributed by atoms with van der Waals surface area (Å²) in [6.45, 7) is 3.08. The molecule has 0 radical (unpaired) electrons. The lowest BCUT2D eigenvalue weighted by molar-refractivity contribution is 0.579. The van der Waals surface area contributed by atoms with Crippen LogP contribution in [0.15, 0.2) is 12.4 Å². The summed E-state index contributed by atoms with van der Waals surface area (Å²) in [5.74, 6) is 0. The van der Waals surface area contributed by atoms with E-state index in [0.29, 0.717) is 0 Å². The van der Waals surface area contributed by atoms with Crippen LogP contribution in [0.5, 0.6) is 0 Å². The zero-order chi connectivity index (χ0) is 5.82. The number of hydrogen-bond acceptors (Lipinski definition) is 2. The second-order valence-corrected chi connectivity index (χ2v) is 1.67. The number of aryl methyl sites for hydroxylation is 1. The highest BCUT2D eigenvalue weighted by Gasteiger charge is 1.83. The average molecular weight is 111 g/mol. The molecule has 44 valence electrons. The minimum Gasteiger partial charge on any atom is -0.253 e. The highest BCUT2D eigenvalue weighted by Crippen LogP contribution is 1.83. The molecular formula is C5H9N3. The maximum absolute atomic E-state index is 3.77. The molecular weight excluding hydrogens is 102 g/mol. The first-order valence-corrected chi connectivity index (χ1v) is 2.77. The molecule has 0 atom stereocenters. The van der Waals surface area contributed by atoms with E-state index in [0.717, 1.165) is 13.0 Å². The van der Waals surface area contributed by atoms with Crippen molar-refractivity contribution in [2.45, 2.75) is 19.9 Å². The molecule has 1 rings (SSSR count). The van der Waals surface area contributed by atoms with Gasteiger partial charge in [0.2, 0.25) is 0 Å². The maximum Gasteiger partial charge on any atom is 0.0692 e. The van der Waals surface area contributed by atoms with Gasteiger partial charge in [0.25, 0.3) is 0 Å². The molecule has 0 aliphatic rings. The molecule has 0 aromatic carbocycles. The molecule has 0 aliphatic carbocycles. The minimum atomic E-state index is 0.972. The quantitative estimate of drug-likeness (QED) is 0.562. The van der Waals surface area contributed by atoms with Gasteiger partial charge in [-0.05, 0) is 6.42 Å². The van der Waals surface area contributed by atoms with E-state index < -0.39 is 0 Å². The third kappa shape index (κ3) is 1.05. The molecule has 8 heavy (non-hydrogen) atoms. The van der Waals surface area contributed by atoms with Gasteiger partial charge in [0.1, 0.15) is 0 Å². The highest BCUT2D eigenvalue weighted by molar-refractivity contribution is 4.62. The molecule has 0 saturated carbocycles. The smallest absolute Gasteiger partial charge is 0.0692 e. The monoisotopic (exact) mass is 111 g/mol. The zero-order valence-corrected chi connectivity index (χ0v) is 4.91. The van der Waals surface area contributed by atoms with Crippen molar-refractivity contribution in [1.29, 1.82) is 0 Å². The van der Waals surface area contributed by atoms with E-state index >= 15 is 0 Å². The summed E-state index contributed by atoms with van der Waals surface area (Å²) in [6, 6.07) is 0. The topological polar surface area (TPSA) is 30.7 Å². The Kier molecular flexibility index (Phi) is 1.62. The molecule has 1 aromatic rings. The van der Waals surface area contributed by atoms with Gasteiger partial charge in [0.05, 0.1) is 6.20 Å². The molecule has 0 spiro atoms. The number of hydrogen-bond donors (Lipinski definition) is 0. The molecule has 1 heterocycles. The highest BCUT2D eigenvalue weighted by atomic mass is 15.4. The molecule has 0 amide bonds. The van der Waals surface area contributed by atoms with Crippen LogP contribution in [0.25, 0.3) is 0 Å². The van der Waals surface area contributed by atoms with E-state index in [1.165, 1.54) is 0 Å². The Morgan fingerprint density at radius 3 is 3.00 bits per heavy atom. The van der Waals surface area contributed by atoms with Crippen molar-refractivity contribution >= 4 is 0 Å². The van der Waals surface area contributed by atoms with Gasteiger partial charge in [0, 0.05) is 12.7 Å². The fourth-order valence-corrected chi connectivity index (χ4v) is 0.581. The van der Waals surface area contributed by atoms with Gasteiger partial charge in [-0.15, -0.1) is 5.10 Å². The van der Waals surface area contributed by atoms with Crippen LogP contribution < -0.4 is 0 Å². The van der Waals surface area contributed by atoms with Crippen LogP contribution in [0.1, 0.15) is 13.3 Å². The molecule has 0 bridgehead atoms. The second-order valence-electron chi connectivity index (χ2n) is 1.67. The van der Waals surface area contributed by atoms with E-state index in [-0.39, 0.29) is 0 Å². The summed E-state index contributed by atoms with van der Waals surface area (Å²) in [6.07, 6.45) is 4.67. The molecule has 3 heteroatoms. The lowest BCUT2D eigenvalue weighted by atomic mass is 10.5. The molecule has 0 saturated heterocycles. The predicted octanol–water partition coefficient (Wildman–Crippen LogP) is 0.688. The minimum absolute atomic E-state index is 0.972. The Hall–Kier alpha value is -0.860. The van der Waals surface area contributed by atoms with Gasteiger partial charge in [-0.1, -0.05) is 12.1 Å². The third-order valence-corrected chi connectivity index (χ3v) is 0.925. The van der Waals surface area contributed by atoms with Crippen molar-refractivity contribution < 1.29 is 0 Å². The maximum atomic E-state index is 3.77. The molecule has 1 aromatic heterocycles. The van der Waals surface area contributed by atoms with Crippen molar-refractivity contribution in [2.24, 2.45) is 0 Å². The number of rotatable bonds is 2. The first-order chi connectivity index (χ1) is 3.93. The Balaban J connectivity index is 2.50. The summed E-state index contributed by atoms with van der Waals surface area (Å²) in [5, 5.41) is 7.43. The van der Waals surface area contributed by atoms with Crippen molar-refractivity contribution in [1.82, 2.24) is 15.0 Å². The number of nitrogens with zero attached hydrogens (tertiary/aromatic N) is 3. The molecule has 3 nitrogen and oxygen atoms in total. The summed E-state index contributed by atoms with van der Waals surface area (Å²) >= 11 is 0. The standard InChI is InChI=1S/C5H9N3/c1-2-4-8-5-3-6-7-8/h3,5H,2,4H2,1H3. The van der Waals surface area contributed by atoms with E-state index in [2.05, 4.69) is 17.2 Å². The molecule has 0 unspecified atom stereocenters. The van der Waals surface area contributed by atoms with E-state index in [1.54, 1.807) is 6.20 Å². The van der Waals surface area contributed by atoms with E-state index in [9.17, 15) is 0 Å². The fourth-order valence-electron chi connectivity index (χ4n) is 0.581. The van der Waals surface area contributed by atoms with Gasteiger partial charge in [-0.3, -0.25) is 4.68 Å².